The molecule has 0 aliphatic carbocycles. The Morgan fingerprint density at radius 1 is 1.38 bits per heavy atom. The second kappa shape index (κ2) is 4.28. The molecular formula is C12H12N2O2. The molecule has 3 N–H and O–H groups in total. The maximum Gasteiger partial charge on any atom is 0.305 e. The summed E-state index contributed by atoms with van der Waals surface area (Å²) in [5, 5.41) is 10.7. The van der Waals surface area contributed by atoms with E-state index in [4.69, 9.17) is 10.8 Å². The average molecular weight is 216 g/mol. The number of carboxylic acid groups (broad SMARTS) is 1. The van der Waals surface area contributed by atoms with Gasteiger partial charge in [0.25, 0.3) is 0 Å². The number of pyridine rings is 1. The number of nitrogens with zero attached hydrogens (tertiary/aromatic N) is 1. The van der Waals surface area contributed by atoms with Crippen LogP contribution in [0.25, 0.3) is 10.8 Å². The van der Waals surface area contributed by atoms with Crippen LogP contribution in [0.1, 0.15) is 18.2 Å². The number of benzene rings is 1. The highest BCUT2D eigenvalue weighted by atomic mass is 16.4. The Bertz CT molecular complexity index is 525. The molecule has 1 unspecified atom stereocenters. The molecule has 2 rings (SSSR count). The number of aromatic nitrogens is 1. The fourth-order valence-corrected chi connectivity index (χ4v) is 1.60. The molecule has 1 aromatic heterocycles. The second-order valence-corrected chi connectivity index (χ2v) is 3.66. The first-order chi connectivity index (χ1) is 7.66. The van der Waals surface area contributed by atoms with Crippen molar-refractivity contribution >= 4 is 16.7 Å². The first-order valence-corrected chi connectivity index (χ1v) is 4.99. The van der Waals surface area contributed by atoms with Crippen molar-refractivity contribution in [3.63, 3.8) is 0 Å². The van der Waals surface area contributed by atoms with Crippen LogP contribution in [0.4, 0.5) is 0 Å². The summed E-state index contributed by atoms with van der Waals surface area (Å²) in [4.78, 5) is 14.7. The number of carboxylic acids is 1. The van der Waals surface area contributed by atoms with Gasteiger partial charge in [0.1, 0.15) is 0 Å². The summed E-state index contributed by atoms with van der Waals surface area (Å²) in [6.07, 6.45) is 1.61. The molecule has 82 valence electrons. The summed E-state index contributed by atoms with van der Waals surface area (Å²) in [5.74, 6) is -0.914. The van der Waals surface area contributed by atoms with Crippen molar-refractivity contribution in [1.82, 2.24) is 4.98 Å². The maximum atomic E-state index is 10.5. The fourth-order valence-electron chi connectivity index (χ4n) is 1.60. The minimum Gasteiger partial charge on any atom is -0.481 e. The summed E-state index contributed by atoms with van der Waals surface area (Å²) in [6, 6.07) is 9.05. The zero-order chi connectivity index (χ0) is 11.5. The van der Waals surface area contributed by atoms with Crippen molar-refractivity contribution in [2.75, 3.05) is 0 Å². The molecule has 0 amide bonds. The molecule has 0 aliphatic rings. The van der Waals surface area contributed by atoms with Crippen LogP contribution in [0.2, 0.25) is 0 Å². The minimum atomic E-state index is -0.914. The van der Waals surface area contributed by atoms with Gasteiger partial charge in [0.05, 0.1) is 18.2 Å². The summed E-state index contributed by atoms with van der Waals surface area (Å²) < 4.78 is 0. The van der Waals surface area contributed by atoms with E-state index >= 15 is 0 Å². The van der Waals surface area contributed by atoms with Crippen LogP contribution in [0.5, 0.6) is 0 Å². The molecule has 0 aliphatic heterocycles. The number of fused-ring (bicyclic) bond motifs is 1. The van der Waals surface area contributed by atoms with Gasteiger partial charge in [0.2, 0.25) is 0 Å². The lowest BCUT2D eigenvalue weighted by Gasteiger charge is -2.08. The molecule has 0 spiro atoms. The van der Waals surface area contributed by atoms with Gasteiger partial charge in [-0.05, 0) is 11.5 Å². The largest absolute Gasteiger partial charge is 0.481 e. The Labute approximate surface area is 92.7 Å². The number of nitrogens with two attached hydrogens (primary N) is 1. The predicted molar refractivity (Wildman–Crippen MR) is 60.9 cm³/mol. The maximum absolute atomic E-state index is 10.5. The van der Waals surface area contributed by atoms with Gasteiger partial charge >= 0.3 is 5.97 Å². The third-order valence-electron chi connectivity index (χ3n) is 2.43. The third-order valence-corrected chi connectivity index (χ3v) is 2.43. The van der Waals surface area contributed by atoms with Gasteiger partial charge in [-0.25, -0.2) is 0 Å². The minimum absolute atomic E-state index is 0.106. The monoisotopic (exact) mass is 216 g/mol. The van der Waals surface area contributed by atoms with Crippen molar-refractivity contribution in [3.8, 4) is 0 Å². The molecular weight excluding hydrogens is 204 g/mol. The number of hydrogen-bond donors (Lipinski definition) is 2. The zero-order valence-corrected chi connectivity index (χ0v) is 8.63. The highest BCUT2D eigenvalue weighted by Crippen LogP contribution is 2.18. The smallest absolute Gasteiger partial charge is 0.305 e. The standard InChI is InChI=1S/C12H12N2O2/c13-10(6-12(15)16)11-5-8-3-1-2-4-9(8)7-14-11/h1-5,7,10H,6,13H2,(H,15,16). The Morgan fingerprint density at radius 2 is 2.06 bits per heavy atom. The summed E-state index contributed by atoms with van der Waals surface area (Å²) in [5.41, 5.74) is 6.36. The Balaban J connectivity index is 2.35. The van der Waals surface area contributed by atoms with E-state index in [0.29, 0.717) is 5.69 Å². The highest BCUT2D eigenvalue weighted by molar-refractivity contribution is 5.82. The number of carbonyl (C=O) groups is 1. The van der Waals surface area contributed by atoms with Gasteiger partial charge in [-0.1, -0.05) is 24.3 Å². The normalized spacial score (nSPS) is 12.6. The van der Waals surface area contributed by atoms with E-state index in [1.54, 1.807) is 6.20 Å². The lowest BCUT2D eigenvalue weighted by molar-refractivity contribution is -0.137. The van der Waals surface area contributed by atoms with Crippen molar-refractivity contribution in [2.45, 2.75) is 12.5 Å². The van der Waals surface area contributed by atoms with Gasteiger partial charge < -0.3 is 10.8 Å². The van der Waals surface area contributed by atoms with E-state index in [0.717, 1.165) is 10.8 Å². The van der Waals surface area contributed by atoms with Crippen LogP contribution in [-0.4, -0.2) is 16.1 Å². The van der Waals surface area contributed by atoms with Crippen LogP contribution in [-0.2, 0) is 4.79 Å². The molecule has 16 heavy (non-hydrogen) atoms. The first-order valence-electron chi connectivity index (χ1n) is 4.99. The number of aliphatic carboxylic acids is 1. The lowest BCUT2D eigenvalue weighted by atomic mass is 10.1. The van der Waals surface area contributed by atoms with Crippen LogP contribution >= 0.6 is 0 Å². The van der Waals surface area contributed by atoms with E-state index in [9.17, 15) is 4.79 Å². The zero-order valence-electron chi connectivity index (χ0n) is 8.63. The first kappa shape index (κ1) is 10.6. The van der Waals surface area contributed by atoms with Gasteiger partial charge in [-0.3, -0.25) is 9.78 Å². The van der Waals surface area contributed by atoms with Crippen LogP contribution in [0, 0.1) is 0 Å². The Hall–Kier alpha value is -1.94. The second-order valence-electron chi connectivity index (χ2n) is 3.66. The van der Waals surface area contributed by atoms with Crippen molar-refractivity contribution in [3.05, 3.63) is 42.2 Å². The quantitative estimate of drug-likeness (QED) is 0.818. The van der Waals surface area contributed by atoms with Crippen molar-refractivity contribution in [1.29, 1.82) is 0 Å². The van der Waals surface area contributed by atoms with Crippen LogP contribution in [0.15, 0.2) is 36.5 Å². The molecule has 1 atom stereocenters. The summed E-state index contributed by atoms with van der Waals surface area (Å²) in [6.45, 7) is 0. The molecule has 4 heteroatoms. The highest BCUT2D eigenvalue weighted by Gasteiger charge is 2.12. The van der Waals surface area contributed by atoms with E-state index < -0.39 is 12.0 Å². The lowest BCUT2D eigenvalue weighted by Crippen LogP contribution is -2.16. The van der Waals surface area contributed by atoms with E-state index in [1.165, 1.54) is 0 Å². The molecule has 0 saturated carbocycles. The topological polar surface area (TPSA) is 76.2 Å². The van der Waals surface area contributed by atoms with Gasteiger partial charge in [0, 0.05) is 11.6 Å². The van der Waals surface area contributed by atoms with E-state index in [-0.39, 0.29) is 6.42 Å². The Morgan fingerprint density at radius 3 is 2.75 bits per heavy atom. The van der Waals surface area contributed by atoms with Crippen molar-refractivity contribution in [2.24, 2.45) is 5.73 Å². The molecule has 1 aromatic carbocycles. The molecule has 1 heterocycles. The fraction of sp³-hybridized carbons (Fsp3) is 0.167. The third kappa shape index (κ3) is 2.17. The molecule has 0 radical (unpaired) electrons. The molecule has 0 fully saturated rings. The van der Waals surface area contributed by atoms with Crippen molar-refractivity contribution < 1.29 is 9.90 Å². The molecule has 4 nitrogen and oxygen atoms in total. The number of rotatable bonds is 3. The van der Waals surface area contributed by atoms with Gasteiger partial charge in [-0.15, -0.1) is 0 Å². The molecule has 2 aromatic rings. The van der Waals surface area contributed by atoms with Crippen LogP contribution < -0.4 is 5.73 Å². The van der Waals surface area contributed by atoms with Crippen LogP contribution in [0.3, 0.4) is 0 Å². The molecule has 0 bridgehead atoms. The average Bonchev–Trinajstić information content (AvgIpc) is 2.27. The van der Waals surface area contributed by atoms with E-state index in [1.807, 2.05) is 30.3 Å². The van der Waals surface area contributed by atoms with Gasteiger partial charge in [-0.2, -0.15) is 0 Å². The molecule has 0 saturated heterocycles. The number of hydrogen-bond acceptors (Lipinski definition) is 3. The Kier molecular flexibility index (Phi) is 2.83. The van der Waals surface area contributed by atoms with E-state index in [2.05, 4.69) is 4.98 Å². The predicted octanol–water partition coefficient (Wildman–Crippen LogP) is 1.71. The summed E-state index contributed by atoms with van der Waals surface area (Å²) in [7, 11) is 0. The van der Waals surface area contributed by atoms with Gasteiger partial charge in [0.15, 0.2) is 0 Å². The summed E-state index contributed by atoms with van der Waals surface area (Å²) >= 11 is 0. The SMILES string of the molecule is NC(CC(=O)O)c1cc2ccccc2cn1.